The van der Waals surface area contributed by atoms with Crippen molar-refractivity contribution in [3.8, 4) is 11.8 Å². The largest absolute Gasteiger partial charge is 0.496 e. The molecule has 1 aliphatic heterocycles. The molecular formula is C26H30N4O4. The van der Waals surface area contributed by atoms with Crippen molar-refractivity contribution in [3.63, 3.8) is 0 Å². The van der Waals surface area contributed by atoms with Gasteiger partial charge in [0.1, 0.15) is 24.2 Å². The van der Waals surface area contributed by atoms with E-state index in [1.165, 1.54) is 12.0 Å². The Kier molecular flexibility index (Phi) is 6.38. The van der Waals surface area contributed by atoms with Crippen LogP contribution in [0, 0.1) is 0 Å². The topological polar surface area (TPSA) is 96.8 Å². The van der Waals surface area contributed by atoms with Crippen LogP contribution in [-0.4, -0.2) is 53.9 Å². The summed E-state index contributed by atoms with van der Waals surface area (Å²) in [5.41, 5.74) is 2.79. The van der Waals surface area contributed by atoms with Gasteiger partial charge in [0.15, 0.2) is 0 Å². The van der Waals surface area contributed by atoms with E-state index in [2.05, 4.69) is 27.3 Å². The molecule has 2 N–H and O–H groups in total. The van der Waals surface area contributed by atoms with Crippen molar-refractivity contribution >= 4 is 28.4 Å². The van der Waals surface area contributed by atoms with Crippen LogP contribution in [-0.2, 0) is 4.79 Å². The Balaban J connectivity index is 1.42. The molecule has 1 saturated heterocycles. The molecule has 2 aromatic carbocycles. The monoisotopic (exact) mass is 462 g/mol. The Labute approximate surface area is 198 Å². The summed E-state index contributed by atoms with van der Waals surface area (Å²) in [5, 5.41) is 12.9. The third-order valence-corrected chi connectivity index (χ3v) is 6.80. The number of carboxylic acids is 1. The molecule has 8 nitrogen and oxygen atoms in total. The second-order valence-electron chi connectivity index (χ2n) is 8.98. The van der Waals surface area contributed by atoms with Gasteiger partial charge in [-0.05, 0) is 67.9 Å². The van der Waals surface area contributed by atoms with Crippen molar-refractivity contribution in [2.24, 2.45) is 0 Å². The van der Waals surface area contributed by atoms with Crippen molar-refractivity contribution < 1.29 is 19.4 Å². The minimum Gasteiger partial charge on any atom is -0.496 e. The summed E-state index contributed by atoms with van der Waals surface area (Å²) in [4.78, 5) is 22.8. The average molecular weight is 463 g/mol. The number of carbonyl (C=O) groups is 1. The highest BCUT2D eigenvalue weighted by Gasteiger charge is 2.27. The van der Waals surface area contributed by atoms with E-state index >= 15 is 0 Å². The van der Waals surface area contributed by atoms with Crippen molar-refractivity contribution in [1.82, 2.24) is 9.97 Å². The average Bonchev–Trinajstić information content (AvgIpc) is 2.84. The highest BCUT2D eigenvalue weighted by atomic mass is 16.5. The quantitative estimate of drug-likeness (QED) is 0.507. The van der Waals surface area contributed by atoms with Crippen molar-refractivity contribution in [1.29, 1.82) is 0 Å². The summed E-state index contributed by atoms with van der Waals surface area (Å²) in [6.45, 7) is 1.56. The number of carboxylic acid groups (broad SMARTS) is 1. The number of piperidine rings is 1. The summed E-state index contributed by atoms with van der Waals surface area (Å²) in [7, 11) is 1.72. The van der Waals surface area contributed by atoms with E-state index in [4.69, 9.17) is 19.6 Å². The number of ether oxygens (including phenoxy) is 2. The minimum atomic E-state index is -0.903. The number of methoxy groups -OCH3 is 1. The molecule has 0 amide bonds. The highest BCUT2D eigenvalue weighted by molar-refractivity contribution is 5.92. The van der Waals surface area contributed by atoms with E-state index in [-0.39, 0.29) is 12.6 Å². The number of nitrogens with zero attached hydrogens (tertiary/aromatic N) is 3. The number of rotatable bonds is 8. The number of hydrogen-bond acceptors (Lipinski definition) is 7. The summed E-state index contributed by atoms with van der Waals surface area (Å²) in [6.07, 6.45) is 5.43. The van der Waals surface area contributed by atoms with Crippen molar-refractivity contribution in [2.75, 3.05) is 37.0 Å². The standard InChI is InChI=1S/C26H30N4O4/c1-33-23-8-3-2-7-20(23)17-11-13-30(14-12-17)25-21-15-18(27-16-24(31)32)9-10-22(21)28-26(29-25)34-19-5-4-6-19/h2-3,7-10,15,17,19,27H,4-6,11-14,16H2,1H3,(H,31,32). The first-order valence-corrected chi connectivity index (χ1v) is 11.9. The van der Waals surface area contributed by atoms with Gasteiger partial charge in [-0.25, -0.2) is 0 Å². The van der Waals surface area contributed by atoms with E-state index in [0.29, 0.717) is 11.9 Å². The Hall–Kier alpha value is -3.55. The first-order valence-electron chi connectivity index (χ1n) is 11.9. The molecule has 2 heterocycles. The molecule has 0 unspecified atom stereocenters. The van der Waals surface area contributed by atoms with Gasteiger partial charge < -0.3 is 24.8 Å². The number of para-hydroxylation sites is 1. The summed E-state index contributed by atoms with van der Waals surface area (Å²) >= 11 is 0. The Morgan fingerprint density at radius 2 is 1.91 bits per heavy atom. The lowest BCUT2D eigenvalue weighted by molar-refractivity contribution is -0.134. The Bertz CT molecular complexity index is 1170. The molecule has 178 valence electrons. The van der Waals surface area contributed by atoms with E-state index in [1.807, 2.05) is 30.3 Å². The summed E-state index contributed by atoms with van der Waals surface area (Å²) in [5.74, 6) is 1.31. The number of hydrogen-bond donors (Lipinski definition) is 2. The number of nitrogens with one attached hydrogen (secondary N) is 1. The van der Waals surface area contributed by atoms with E-state index in [9.17, 15) is 4.79 Å². The third kappa shape index (κ3) is 4.71. The fourth-order valence-corrected chi connectivity index (χ4v) is 4.72. The molecule has 1 aliphatic carbocycles. The molecule has 0 bridgehead atoms. The lowest BCUT2D eigenvalue weighted by atomic mass is 9.88. The summed E-state index contributed by atoms with van der Waals surface area (Å²) < 4.78 is 11.7. The van der Waals surface area contributed by atoms with Crippen LogP contribution in [0.3, 0.4) is 0 Å². The molecular weight excluding hydrogens is 432 g/mol. The van der Waals surface area contributed by atoms with Gasteiger partial charge in [0.05, 0.1) is 12.6 Å². The Morgan fingerprint density at radius 3 is 2.62 bits per heavy atom. The van der Waals surface area contributed by atoms with Crippen LogP contribution in [0.4, 0.5) is 11.5 Å². The van der Waals surface area contributed by atoms with E-state index < -0.39 is 5.97 Å². The van der Waals surface area contributed by atoms with E-state index in [0.717, 1.165) is 66.9 Å². The molecule has 3 aromatic rings. The number of anilines is 2. The van der Waals surface area contributed by atoms with Gasteiger partial charge in [0, 0.05) is 24.2 Å². The molecule has 1 saturated carbocycles. The molecule has 34 heavy (non-hydrogen) atoms. The van der Waals surface area contributed by atoms with Crippen LogP contribution >= 0.6 is 0 Å². The van der Waals surface area contributed by atoms with Gasteiger partial charge in [-0.1, -0.05) is 18.2 Å². The SMILES string of the molecule is COc1ccccc1C1CCN(c2nc(OC3CCC3)nc3ccc(NCC(=O)O)cc23)CC1. The lowest BCUT2D eigenvalue weighted by Gasteiger charge is -2.34. The maximum atomic E-state index is 11.0. The van der Waals surface area contributed by atoms with Gasteiger partial charge in [0.2, 0.25) is 0 Å². The van der Waals surface area contributed by atoms with Gasteiger partial charge >= 0.3 is 12.0 Å². The van der Waals surface area contributed by atoms with Crippen LogP contribution in [0.15, 0.2) is 42.5 Å². The molecule has 2 fully saturated rings. The van der Waals surface area contributed by atoms with Gasteiger partial charge in [-0.15, -0.1) is 0 Å². The number of fused-ring (bicyclic) bond motifs is 1. The molecule has 0 radical (unpaired) electrons. The van der Waals surface area contributed by atoms with Crippen molar-refractivity contribution in [3.05, 3.63) is 48.0 Å². The highest BCUT2D eigenvalue weighted by Crippen LogP contribution is 2.37. The number of aromatic nitrogens is 2. The fraction of sp³-hybridized carbons (Fsp3) is 0.423. The molecule has 5 rings (SSSR count). The van der Waals surface area contributed by atoms with Crippen LogP contribution in [0.25, 0.3) is 10.9 Å². The minimum absolute atomic E-state index is 0.144. The molecule has 1 aromatic heterocycles. The zero-order valence-electron chi connectivity index (χ0n) is 19.4. The van der Waals surface area contributed by atoms with Crippen LogP contribution in [0.5, 0.6) is 11.8 Å². The first-order chi connectivity index (χ1) is 16.6. The van der Waals surface area contributed by atoms with Crippen LogP contribution in [0.2, 0.25) is 0 Å². The molecule has 2 aliphatic rings. The molecule has 0 spiro atoms. The maximum Gasteiger partial charge on any atom is 0.322 e. The summed E-state index contributed by atoms with van der Waals surface area (Å²) in [6, 6.07) is 14.4. The second kappa shape index (κ2) is 9.75. The first kappa shape index (κ1) is 22.3. The molecule has 8 heteroatoms. The zero-order valence-corrected chi connectivity index (χ0v) is 19.4. The number of benzene rings is 2. The van der Waals surface area contributed by atoms with E-state index in [1.54, 1.807) is 7.11 Å². The lowest BCUT2D eigenvalue weighted by Crippen LogP contribution is -2.34. The van der Waals surface area contributed by atoms with Crippen molar-refractivity contribution in [2.45, 2.75) is 44.1 Å². The maximum absolute atomic E-state index is 11.0. The number of aliphatic carboxylic acids is 1. The Morgan fingerprint density at radius 1 is 1.12 bits per heavy atom. The smallest absolute Gasteiger partial charge is 0.322 e. The second-order valence-corrected chi connectivity index (χ2v) is 8.98. The van der Waals surface area contributed by atoms with Gasteiger partial charge in [0.25, 0.3) is 0 Å². The van der Waals surface area contributed by atoms with Crippen LogP contribution in [0.1, 0.15) is 43.6 Å². The van der Waals surface area contributed by atoms with Gasteiger partial charge in [-0.2, -0.15) is 9.97 Å². The zero-order chi connectivity index (χ0) is 23.5. The van der Waals surface area contributed by atoms with Crippen LogP contribution < -0.4 is 19.7 Å². The molecule has 0 atom stereocenters. The van der Waals surface area contributed by atoms with Gasteiger partial charge in [-0.3, -0.25) is 4.79 Å². The fourth-order valence-electron chi connectivity index (χ4n) is 4.72. The predicted octanol–water partition coefficient (Wildman–Crippen LogP) is 4.45. The third-order valence-electron chi connectivity index (χ3n) is 6.80. The normalized spacial score (nSPS) is 16.8. The predicted molar refractivity (Wildman–Crippen MR) is 131 cm³/mol.